The van der Waals surface area contributed by atoms with Gasteiger partial charge < -0.3 is 10.2 Å². The van der Waals surface area contributed by atoms with Gasteiger partial charge in [-0.1, -0.05) is 30.3 Å². The quantitative estimate of drug-likeness (QED) is 0.826. The number of carbonyl (C=O) groups is 1. The maximum Gasteiger partial charge on any atom is 0.257 e. The summed E-state index contributed by atoms with van der Waals surface area (Å²) < 4.78 is 0. The molecule has 2 bridgehead atoms. The first-order chi connectivity index (χ1) is 11.7. The largest absolute Gasteiger partial charge is 0.358 e. The molecule has 124 valence electrons. The molecule has 1 unspecified atom stereocenters. The molecule has 0 aliphatic carbocycles. The monoisotopic (exact) mass is 339 g/mol. The third kappa shape index (κ3) is 3.14. The molecule has 1 amide bonds. The fraction of sp³-hybridized carbons (Fsp3) is 0.368. The van der Waals surface area contributed by atoms with E-state index in [1.807, 2.05) is 42.5 Å². The zero-order valence-electron chi connectivity index (χ0n) is 13.5. The summed E-state index contributed by atoms with van der Waals surface area (Å²) in [6, 6.07) is 14.1. The van der Waals surface area contributed by atoms with Gasteiger partial charge in [0.1, 0.15) is 0 Å². The van der Waals surface area contributed by atoms with E-state index in [-0.39, 0.29) is 5.91 Å². The van der Waals surface area contributed by atoms with Gasteiger partial charge in [-0.2, -0.15) is 0 Å². The van der Waals surface area contributed by atoms with Crippen molar-refractivity contribution < 1.29 is 4.79 Å². The Kier molecular flexibility index (Phi) is 4.21. The first-order valence-corrected chi connectivity index (χ1v) is 8.93. The number of amides is 1. The minimum absolute atomic E-state index is 0.153. The Morgan fingerprint density at radius 3 is 2.54 bits per heavy atom. The lowest BCUT2D eigenvalue weighted by Gasteiger charge is -2.45. The van der Waals surface area contributed by atoms with E-state index in [0.717, 1.165) is 17.3 Å². The summed E-state index contributed by atoms with van der Waals surface area (Å²) in [5.41, 5.74) is 0.631. The number of fused-ring (bicyclic) bond motifs is 4. The lowest BCUT2D eigenvalue weighted by Crippen LogP contribution is -2.59. The number of nitrogens with zero attached hydrogens (tertiary/aromatic N) is 1. The number of carbonyl (C=O) groups excluding carboxylic acids is 1. The van der Waals surface area contributed by atoms with Gasteiger partial charge >= 0.3 is 0 Å². The van der Waals surface area contributed by atoms with Crippen molar-refractivity contribution in [2.24, 2.45) is 5.92 Å². The minimum Gasteiger partial charge on any atom is -0.358 e. The zero-order chi connectivity index (χ0) is 16.5. The fourth-order valence-corrected chi connectivity index (χ4v) is 4.08. The maximum atomic E-state index is 12.5. The molecular weight excluding hydrogens is 318 g/mol. The average molecular weight is 339 g/mol. The molecule has 3 heterocycles. The van der Waals surface area contributed by atoms with E-state index in [1.165, 1.54) is 25.9 Å². The maximum absolute atomic E-state index is 12.5. The molecule has 0 spiro atoms. The van der Waals surface area contributed by atoms with Crippen molar-refractivity contribution in [1.29, 1.82) is 0 Å². The van der Waals surface area contributed by atoms with Crippen LogP contribution in [-0.2, 0) is 0 Å². The molecule has 3 fully saturated rings. The van der Waals surface area contributed by atoms with E-state index < -0.39 is 0 Å². The molecule has 3 aliphatic heterocycles. The smallest absolute Gasteiger partial charge is 0.257 e. The predicted octanol–water partition coefficient (Wildman–Crippen LogP) is 2.54. The highest BCUT2D eigenvalue weighted by atomic mass is 32.1. The van der Waals surface area contributed by atoms with Gasteiger partial charge in [0.05, 0.1) is 0 Å². The summed E-state index contributed by atoms with van der Waals surface area (Å²) in [6.07, 6.45) is 2.44. The third-order valence-electron chi connectivity index (χ3n) is 5.21. The molecule has 2 aromatic rings. The van der Waals surface area contributed by atoms with Crippen LogP contribution in [0, 0.1) is 5.92 Å². The van der Waals surface area contributed by atoms with Crippen LogP contribution in [0.4, 0.5) is 0 Å². The molecule has 0 radical (unpaired) electrons. The van der Waals surface area contributed by atoms with Gasteiger partial charge in [-0.05, 0) is 67.0 Å². The third-order valence-corrected chi connectivity index (χ3v) is 5.43. The van der Waals surface area contributed by atoms with E-state index >= 15 is 0 Å². The molecule has 1 atom stereocenters. The topological polar surface area (TPSA) is 44.4 Å². The molecule has 4 nitrogen and oxygen atoms in total. The minimum atomic E-state index is -0.153. The van der Waals surface area contributed by atoms with Crippen molar-refractivity contribution >= 4 is 34.0 Å². The molecule has 3 saturated heterocycles. The molecular formula is C19H21N3OS. The van der Waals surface area contributed by atoms with Crippen molar-refractivity contribution in [3.63, 3.8) is 0 Å². The first-order valence-electron chi connectivity index (χ1n) is 8.52. The van der Waals surface area contributed by atoms with Crippen LogP contribution >= 0.6 is 12.2 Å². The van der Waals surface area contributed by atoms with Crippen LogP contribution in [0.5, 0.6) is 0 Å². The van der Waals surface area contributed by atoms with Crippen molar-refractivity contribution in [3.8, 4) is 0 Å². The van der Waals surface area contributed by atoms with Gasteiger partial charge in [-0.3, -0.25) is 10.1 Å². The molecule has 2 aromatic carbocycles. The molecule has 0 aromatic heterocycles. The molecule has 24 heavy (non-hydrogen) atoms. The number of hydrogen-bond acceptors (Lipinski definition) is 3. The zero-order valence-corrected chi connectivity index (χ0v) is 14.3. The van der Waals surface area contributed by atoms with Crippen molar-refractivity contribution in [3.05, 3.63) is 48.0 Å². The number of rotatable bonds is 2. The van der Waals surface area contributed by atoms with E-state index in [9.17, 15) is 4.79 Å². The summed E-state index contributed by atoms with van der Waals surface area (Å²) in [5, 5.41) is 8.80. The van der Waals surface area contributed by atoms with Crippen molar-refractivity contribution in [2.45, 2.75) is 18.9 Å². The van der Waals surface area contributed by atoms with Crippen LogP contribution in [-0.4, -0.2) is 41.6 Å². The second kappa shape index (κ2) is 6.49. The number of nitrogens with one attached hydrogen (secondary N) is 2. The van der Waals surface area contributed by atoms with Gasteiger partial charge in [0.2, 0.25) is 0 Å². The van der Waals surface area contributed by atoms with Crippen molar-refractivity contribution in [2.75, 3.05) is 19.6 Å². The Balaban J connectivity index is 1.40. The van der Waals surface area contributed by atoms with Crippen LogP contribution in [0.3, 0.4) is 0 Å². The summed E-state index contributed by atoms with van der Waals surface area (Å²) >= 11 is 5.36. The lowest BCUT2D eigenvalue weighted by molar-refractivity contribution is 0.0807. The normalized spacial score (nSPS) is 25.4. The van der Waals surface area contributed by atoms with Crippen LogP contribution in [0.25, 0.3) is 10.8 Å². The lowest BCUT2D eigenvalue weighted by atomic mass is 9.84. The Hall–Kier alpha value is -1.98. The number of benzene rings is 2. The second-order valence-electron chi connectivity index (χ2n) is 6.73. The van der Waals surface area contributed by atoms with E-state index in [4.69, 9.17) is 12.2 Å². The standard InChI is InChI=1S/C19H21N3OS/c23-18(16-6-5-13-3-1-2-4-15(13)11-16)21-19(24)20-17-12-22-9-7-14(17)8-10-22/h1-6,11,14,17H,7-10,12H2,(H2,20,21,23,24). The fourth-order valence-electron chi connectivity index (χ4n) is 3.84. The van der Waals surface area contributed by atoms with E-state index in [2.05, 4.69) is 15.5 Å². The Morgan fingerprint density at radius 2 is 1.83 bits per heavy atom. The van der Waals surface area contributed by atoms with E-state index in [0.29, 0.717) is 22.6 Å². The summed E-state index contributed by atoms with van der Waals surface area (Å²) in [7, 11) is 0. The van der Waals surface area contributed by atoms with Crippen LogP contribution < -0.4 is 10.6 Å². The van der Waals surface area contributed by atoms with Crippen LogP contribution in [0.15, 0.2) is 42.5 Å². The van der Waals surface area contributed by atoms with Crippen molar-refractivity contribution in [1.82, 2.24) is 15.5 Å². The molecule has 3 aliphatic rings. The van der Waals surface area contributed by atoms with Crippen LogP contribution in [0.1, 0.15) is 23.2 Å². The highest BCUT2D eigenvalue weighted by molar-refractivity contribution is 7.80. The highest BCUT2D eigenvalue weighted by Gasteiger charge is 2.34. The predicted molar refractivity (Wildman–Crippen MR) is 100 cm³/mol. The summed E-state index contributed by atoms with van der Waals surface area (Å²) in [5.74, 6) is 0.519. The Morgan fingerprint density at radius 1 is 1.08 bits per heavy atom. The average Bonchev–Trinajstić information content (AvgIpc) is 2.62. The van der Waals surface area contributed by atoms with Gasteiger partial charge in [-0.25, -0.2) is 0 Å². The van der Waals surface area contributed by atoms with Gasteiger partial charge in [-0.15, -0.1) is 0 Å². The summed E-state index contributed by atoms with van der Waals surface area (Å²) in [4.78, 5) is 14.9. The second-order valence-corrected chi connectivity index (χ2v) is 7.14. The van der Waals surface area contributed by atoms with Gasteiger partial charge in [0, 0.05) is 18.2 Å². The molecule has 5 rings (SSSR count). The van der Waals surface area contributed by atoms with E-state index in [1.54, 1.807) is 0 Å². The molecule has 0 saturated carbocycles. The number of piperidine rings is 3. The molecule has 2 N–H and O–H groups in total. The first kappa shape index (κ1) is 15.5. The van der Waals surface area contributed by atoms with Gasteiger partial charge in [0.15, 0.2) is 5.11 Å². The summed E-state index contributed by atoms with van der Waals surface area (Å²) in [6.45, 7) is 3.41. The molecule has 5 heteroatoms. The van der Waals surface area contributed by atoms with Crippen LogP contribution in [0.2, 0.25) is 0 Å². The Bertz CT molecular complexity index is 783. The van der Waals surface area contributed by atoms with Gasteiger partial charge in [0.25, 0.3) is 5.91 Å². The number of thiocarbonyl (C=S) groups is 1. The number of hydrogen-bond donors (Lipinski definition) is 2. The SMILES string of the molecule is O=C(NC(=S)NC1CN2CCC1CC2)c1ccc2ccccc2c1. The highest BCUT2D eigenvalue weighted by Crippen LogP contribution is 2.27. The Labute approximate surface area is 147 Å².